The van der Waals surface area contributed by atoms with Gasteiger partial charge in [0.15, 0.2) is 0 Å². The zero-order chi connectivity index (χ0) is 14.4. The molecule has 1 saturated heterocycles. The van der Waals surface area contributed by atoms with Crippen molar-refractivity contribution >= 4 is 12.0 Å². The lowest BCUT2D eigenvalue weighted by Crippen LogP contribution is -2.41. The average molecular weight is 274 g/mol. The van der Waals surface area contributed by atoms with Crippen LogP contribution in [-0.2, 0) is 9.63 Å². The molecule has 5 heteroatoms. The molecule has 0 spiro atoms. The van der Waals surface area contributed by atoms with Crippen LogP contribution in [0.2, 0.25) is 0 Å². The van der Waals surface area contributed by atoms with E-state index in [-0.39, 0.29) is 6.04 Å². The number of hydroxylamine groups is 1. The van der Waals surface area contributed by atoms with Crippen LogP contribution in [0.1, 0.15) is 30.9 Å². The highest BCUT2D eigenvalue weighted by Crippen LogP contribution is 2.30. The molecule has 1 aliphatic heterocycles. The fourth-order valence-electron chi connectivity index (χ4n) is 2.37. The van der Waals surface area contributed by atoms with Crippen molar-refractivity contribution in [3.8, 4) is 0 Å². The summed E-state index contributed by atoms with van der Waals surface area (Å²) < 4.78 is 0. The van der Waals surface area contributed by atoms with Crippen molar-refractivity contribution in [2.45, 2.75) is 25.3 Å². The molecular weight excluding hydrogens is 256 g/mol. The maximum absolute atomic E-state index is 12.1. The van der Waals surface area contributed by atoms with Gasteiger partial charge in [-0.3, -0.25) is 9.69 Å². The Hall–Kier alpha value is -2.30. The van der Waals surface area contributed by atoms with E-state index in [9.17, 15) is 9.59 Å². The molecular formula is C15H18N2O3. The number of nitrogens with one attached hydrogen (secondary N) is 1. The molecule has 20 heavy (non-hydrogen) atoms. The molecule has 106 valence electrons. The summed E-state index contributed by atoms with van der Waals surface area (Å²) in [6.07, 6.45) is 3.43. The van der Waals surface area contributed by atoms with Gasteiger partial charge in [-0.1, -0.05) is 36.9 Å². The molecule has 1 aromatic rings. The third kappa shape index (κ3) is 3.38. The Morgan fingerprint density at radius 3 is 2.75 bits per heavy atom. The SMILES string of the molecule is C=CC(=O)NOC(=O)N1CCCCC1c1ccccc1. The first-order valence-electron chi connectivity index (χ1n) is 6.67. The molecule has 2 rings (SSSR count). The summed E-state index contributed by atoms with van der Waals surface area (Å²) in [5.41, 5.74) is 3.14. The summed E-state index contributed by atoms with van der Waals surface area (Å²) in [7, 11) is 0. The van der Waals surface area contributed by atoms with Crippen LogP contribution in [0, 0.1) is 0 Å². The average Bonchev–Trinajstić information content (AvgIpc) is 2.53. The predicted octanol–water partition coefficient (Wildman–Crippen LogP) is 2.57. The van der Waals surface area contributed by atoms with Gasteiger partial charge in [0.05, 0.1) is 6.04 Å². The minimum atomic E-state index is -0.536. The standard InChI is InChI=1S/C15H18N2O3/c1-2-14(18)16-20-15(19)17-11-7-6-10-13(17)12-8-4-3-5-9-12/h2-5,8-9,13H,1,6-7,10-11H2,(H,16,18). The van der Waals surface area contributed by atoms with Crippen molar-refractivity contribution in [1.82, 2.24) is 10.4 Å². The topological polar surface area (TPSA) is 58.6 Å². The number of rotatable bonds is 2. The van der Waals surface area contributed by atoms with Crippen LogP contribution in [0.25, 0.3) is 0 Å². The Balaban J connectivity index is 2.05. The Kier molecular flexibility index (Phi) is 4.76. The van der Waals surface area contributed by atoms with E-state index in [1.165, 1.54) is 0 Å². The van der Waals surface area contributed by atoms with Gasteiger partial charge in [-0.15, -0.1) is 0 Å². The molecule has 1 fully saturated rings. The molecule has 1 heterocycles. The number of hydrogen-bond donors (Lipinski definition) is 1. The van der Waals surface area contributed by atoms with Gasteiger partial charge in [0.1, 0.15) is 0 Å². The first-order chi connectivity index (χ1) is 9.72. The molecule has 2 amide bonds. The molecule has 0 saturated carbocycles. The van der Waals surface area contributed by atoms with Gasteiger partial charge >= 0.3 is 6.09 Å². The van der Waals surface area contributed by atoms with E-state index in [1.54, 1.807) is 4.90 Å². The van der Waals surface area contributed by atoms with Crippen LogP contribution < -0.4 is 5.48 Å². The van der Waals surface area contributed by atoms with Gasteiger partial charge in [0.2, 0.25) is 0 Å². The van der Waals surface area contributed by atoms with Gasteiger partial charge < -0.3 is 4.84 Å². The minimum Gasteiger partial charge on any atom is -0.321 e. The highest BCUT2D eigenvalue weighted by molar-refractivity contribution is 5.87. The zero-order valence-electron chi connectivity index (χ0n) is 11.2. The second kappa shape index (κ2) is 6.75. The van der Waals surface area contributed by atoms with Gasteiger partial charge in [0, 0.05) is 6.54 Å². The second-order valence-corrected chi connectivity index (χ2v) is 4.65. The van der Waals surface area contributed by atoms with Crippen LogP contribution in [0.5, 0.6) is 0 Å². The lowest BCUT2D eigenvalue weighted by atomic mass is 9.96. The third-order valence-electron chi connectivity index (χ3n) is 3.35. The Morgan fingerprint density at radius 2 is 2.05 bits per heavy atom. The summed E-state index contributed by atoms with van der Waals surface area (Å²) in [5.74, 6) is -0.536. The van der Waals surface area contributed by atoms with Gasteiger partial charge in [0.25, 0.3) is 5.91 Å². The summed E-state index contributed by atoms with van der Waals surface area (Å²) in [5, 5.41) is 0. The van der Waals surface area contributed by atoms with Crippen molar-refractivity contribution in [1.29, 1.82) is 0 Å². The van der Waals surface area contributed by atoms with Gasteiger partial charge in [-0.2, -0.15) is 5.48 Å². The quantitative estimate of drug-likeness (QED) is 0.666. The van der Waals surface area contributed by atoms with Crippen molar-refractivity contribution < 1.29 is 14.4 Å². The monoisotopic (exact) mass is 274 g/mol. The third-order valence-corrected chi connectivity index (χ3v) is 3.35. The fraction of sp³-hybridized carbons (Fsp3) is 0.333. The van der Waals surface area contributed by atoms with Crippen LogP contribution in [0.15, 0.2) is 43.0 Å². The molecule has 0 bridgehead atoms. The Morgan fingerprint density at radius 1 is 1.30 bits per heavy atom. The first-order valence-corrected chi connectivity index (χ1v) is 6.67. The molecule has 1 N–H and O–H groups in total. The van der Waals surface area contributed by atoms with Crippen molar-refractivity contribution in [2.75, 3.05) is 6.54 Å². The largest absolute Gasteiger partial charge is 0.434 e. The van der Waals surface area contributed by atoms with E-state index < -0.39 is 12.0 Å². The fourth-order valence-corrected chi connectivity index (χ4v) is 2.37. The summed E-state index contributed by atoms with van der Waals surface area (Å²) in [4.78, 5) is 29.5. The molecule has 1 unspecified atom stereocenters. The lowest BCUT2D eigenvalue weighted by molar-refractivity contribution is -0.125. The molecule has 0 radical (unpaired) electrons. The van der Waals surface area contributed by atoms with Crippen molar-refractivity contribution in [2.24, 2.45) is 0 Å². The van der Waals surface area contributed by atoms with Crippen molar-refractivity contribution in [3.63, 3.8) is 0 Å². The van der Waals surface area contributed by atoms with Crippen LogP contribution >= 0.6 is 0 Å². The Labute approximate surface area is 118 Å². The smallest absolute Gasteiger partial charge is 0.321 e. The van der Waals surface area contributed by atoms with E-state index in [4.69, 9.17) is 4.84 Å². The molecule has 1 aromatic carbocycles. The van der Waals surface area contributed by atoms with Gasteiger partial charge in [-0.05, 0) is 30.9 Å². The minimum absolute atomic E-state index is 0.00177. The summed E-state index contributed by atoms with van der Waals surface area (Å²) in [6.45, 7) is 3.92. The number of likely N-dealkylation sites (tertiary alicyclic amines) is 1. The number of benzene rings is 1. The maximum atomic E-state index is 12.1. The molecule has 5 nitrogen and oxygen atoms in total. The summed E-state index contributed by atoms with van der Waals surface area (Å²) in [6, 6.07) is 9.84. The number of carbonyl (C=O) groups is 2. The predicted molar refractivity (Wildman–Crippen MR) is 74.6 cm³/mol. The van der Waals surface area contributed by atoms with Crippen molar-refractivity contribution in [3.05, 3.63) is 48.6 Å². The number of nitrogens with zero attached hydrogens (tertiary/aromatic N) is 1. The van der Waals surface area contributed by atoms with E-state index in [2.05, 4.69) is 12.1 Å². The van der Waals surface area contributed by atoms with Crippen LogP contribution in [-0.4, -0.2) is 23.4 Å². The number of amides is 2. The highest BCUT2D eigenvalue weighted by Gasteiger charge is 2.29. The van der Waals surface area contributed by atoms with E-state index in [0.29, 0.717) is 6.54 Å². The van der Waals surface area contributed by atoms with E-state index in [0.717, 1.165) is 30.9 Å². The summed E-state index contributed by atoms with van der Waals surface area (Å²) >= 11 is 0. The molecule has 0 aromatic heterocycles. The maximum Gasteiger partial charge on any atom is 0.434 e. The number of piperidine rings is 1. The number of carbonyl (C=O) groups excluding carboxylic acids is 2. The van der Waals surface area contributed by atoms with Crippen LogP contribution in [0.4, 0.5) is 4.79 Å². The highest BCUT2D eigenvalue weighted by atomic mass is 16.7. The Bertz CT molecular complexity index is 487. The normalized spacial score (nSPS) is 18.2. The number of hydrogen-bond acceptors (Lipinski definition) is 3. The van der Waals surface area contributed by atoms with E-state index in [1.807, 2.05) is 30.3 Å². The van der Waals surface area contributed by atoms with Gasteiger partial charge in [-0.25, -0.2) is 4.79 Å². The molecule has 1 atom stereocenters. The van der Waals surface area contributed by atoms with E-state index >= 15 is 0 Å². The zero-order valence-corrected chi connectivity index (χ0v) is 11.2. The first kappa shape index (κ1) is 14.1. The molecule has 0 aliphatic carbocycles. The van der Waals surface area contributed by atoms with Crippen LogP contribution in [0.3, 0.4) is 0 Å². The second-order valence-electron chi connectivity index (χ2n) is 4.65. The lowest BCUT2D eigenvalue weighted by Gasteiger charge is -2.34. The molecule has 1 aliphatic rings.